The molecule has 0 amide bonds. The minimum atomic E-state index is 0.590. The van der Waals surface area contributed by atoms with Gasteiger partial charge in [-0.25, -0.2) is 15.0 Å². The SMILES string of the molecule is c1ccc(-c2nc(-c3cccc(-c4ccc5oc6cc(-c7cccc8ccccc78)c7ccccc7c6c5c4)c3)nc(-c3cccc4oc5ccccc5c34)n2)cc1. The van der Waals surface area contributed by atoms with E-state index in [0.717, 1.165) is 77.3 Å². The van der Waals surface area contributed by atoms with Crippen LogP contribution in [0.15, 0.2) is 197 Å². The van der Waals surface area contributed by atoms with Crippen molar-refractivity contribution >= 4 is 65.4 Å². The van der Waals surface area contributed by atoms with Crippen LogP contribution in [0.1, 0.15) is 0 Å². The van der Waals surface area contributed by atoms with Crippen molar-refractivity contribution in [1.82, 2.24) is 15.0 Å². The number of hydrogen-bond acceptors (Lipinski definition) is 5. The first-order valence-electron chi connectivity index (χ1n) is 19.4. The van der Waals surface area contributed by atoms with Crippen molar-refractivity contribution in [3.63, 3.8) is 0 Å². The van der Waals surface area contributed by atoms with E-state index in [1.807, 2.05) is 60.7 Å². The van der Waals surface area contributed by atoms with Crippen LogP contribution in [0.3, 0.4) is 0 Å². The Kier molecular flexibility index (Phi) is 7.16. The summed E-state index contributed by atoms with van der Waals surface area (Å²) in [5.74, 6) is 1.79. The number of benzene rings is 9. The van der Waals surface area contributed by atoms with Crippen LogP contribution in [0.2, 0.25) is 0 Å². The van der Waals surface area contributed by atoms with Gasteiger partial charge in [0.05, 0.1) is 0 Å². The van der Waals surface area contributed by atoms with Crippen LogP contribution in [-0.2, 0) is 0 Å². The van der Waals surface area contributed by atoms with E-state index in [9.17, 15) is 0 Å². The lowest BCUT2D eigenvalue weighted by atomic mass is 9.91. The monoisotopic (exact) mass is 741 g/mol. The van der Waals surface area contributed by atoms with Gasteiger partial charge in [-0.1, -0.05) is 152 Å². The molecule has 0 radical (unpaired) electrons. The molecule has 3 heterocycles. The Morgan fingerprint density at radius 2 is 0.862 bits per heavy atom. The predicted molar refractivity (Wildman–Crippen MR) is 237 cm³/mol. The molecule has 0 saturated carbocycles. The quantitative estimate of drug-likeness (QED) is 0.176. The summed E-state index contributed by atoms with van der Waals surface area (Å²) in [6.07, 6.45) is 0. The first kappa shape index (κ1) is 32.4. The first-order chi connectivity index (χ1) is 28.7. The van der Waals surface area contributed by atoms with Gasteiger partial charge in [-0.15, -0.1) is 0 Å². The standard InChI is InChI=1S/C53H31N3O2/c1-2-14-33(15-3-1)51-54-52(56-53(55-51)42-24-12-26-47-50(42)41-22-8-9-25-45(41)57-47)36-18-10-17-34(29-36)35-27-28-46-44(30-35)49-40-21-7-6-20-39(40)43(31-48(49)58-46)38-23-11-16-32-13-4-5-19-37(32)38/h1-31H. The predicted octanol–water partition coefficient (Wildman–Crippen LogP) is 14.3. The molecular formula is C53H31N3O2. The topological polar surface area (TPSA) is 65.0 Å². The zero-order valence-corrected chi connectivity index (χ0v) is 31.1. The van der Waals surface area contributed by atoms with Gasteiger partial charge in [-0.3, -0.25) is 0 Å². The van der Waals surface area contributed by atoms with E-state index in [2.05, 4.69) is 127 Å². The molecule has 12 rings (SSSR count). The average Bonchev–Trinajstić information content (AvgIpc) is 3.87. The minimum absolute atomic E-state index is 0.590. The van der Waals surface area contributed by atoms with Crippen molar-refractivity contribution in [2.75, 3.05) is 0 Å². The van der Waals surface area contributed by atoms with E-state index in [1.54, 1.807) is 0 Å². The molecule has 0 aliphatic rings. The molecule has 9 aromatic carbocycles. The first-order valence-corrected chi connectivity index (χ1v) is 19.4. The second-order valence-corrected chi connectivity index (χ2v) is 14.7. The molecule has 5 nitrogen and oxygen atoms in total. The number of rotatable bonds is 5. The van der Waals surface area contributed by atoms with Crippen LogP contribution in [0, 0.1) is 0 Å². The Morgan fingerprint density at radius 3 is 1.76 bits per heavy atom. The molecule has 270 valence electrons. The van der Waals surface area contributed by atoms with E-state index in [4.69, 9.17) is 23.8 Å². The molecule has 0 bridgehead atoms. The number of aromatic nitrogens is 3. The largest absolute Gasteiger partial charge is 0.456 e. The van der Waals surface area contributed by atoms with Crippen molar-refractivity contribution < 1.29 is 8.83 Å². The van der Waals surface area contributed by atoms with E-state index >= 15 is 0 Å². The van der Waals surface area contributed by atoms with Crippen LogP contribution in [0.25, 0.3) is 122 Å². The number of fused-ring (bicyclic) bond motifs is 9. The summed E-state index contributed by atoms with van der Waals surface area (Å²) in [7, 11) is 0. The highest BCUT2D eigenvalue weighted by molar-refractivity contribution is 6.23. The van der Waals surface area contributed by atoms with Crippen LogP contribution in [0.5, 0.6) is 0 Å². The summed E-state index contributed by atoms with van der Waals surface area (Å²) in [5.41, 5.74) is 10.5. The highest BCUT2D eigenvalue weighted by Crippen LogP contribution is 2.43. The van der Waals surface area contributed by atoms with Gasteiger partial charge < -0.3 is 8.83 Å². The van der Waals surface area contributed by atoms with Crippen molar-refractivity contribution in [3.05, 3.63) is 188 Å². The fourth-order valence-corrected chi connectivity index (χ4v) is 8.64. The molecule has 5 heteroatoms. The minimum Gasteiger partial charge on any atom is -0.456 e. The molecular weight excluding hydrogens is 711 g/mol. The molecule has 0 aliphatic carbocycles. The van der Waals surface area contributed by atoms with Crippen LogP contribution in [0.4, 0.5) is 0 Å². The molecule has 0 fully saturated rings. The highest BCUT2D eigenvalue weighted by atomic mass is 16.3. The summed E-state index contributed by atoms with van der Waals surface area (Å²) < 4.78 is 12.9. The van der Waals surface area contributed by atoms with E-state index in [1.165, 1.54) is 27.1 Å². The third kappa shape index (κ3) is 5.14. The molecule has 12 aromatic rings. The van der Waals surface area contributed by atoms with Gasteiger partial charge in [0.25, 0.3) is 0 Å². The fourth-order valence-electron chi connectivity index (χ4n) is 8.64. The second kappa shape index (κ2) is 12.8. The lowest BCUT2D eigenvalue weighted by Gasteiger charge is -2.11. The number of furan rings is 2. The average molecular weight is 742 g/mol. The van der Waals surface area contributed by atoms with Crippen molar-refractivity contribution in [2.45, 2.75) is 0 Å². The number of hydrogen-bond donors (Lipinski definition) is 0. The van der Waals surface area contributed by atoms with Gasteiger partial charge in [-0.05, 0) is 80.2 Å². The fraction of sp³-hybridized carbons (Fsp3) is 0. The van der Waals surface area contributed by atoms with Crippen LogP contribution >= 0.6 is 0 Å². The molecule has 0 unspecified atom stereocenters. The number of nitrogens with zero attached hydrogens (tertiary/aromatic N) is 3. The zero-order chi connectivity index (χ0) is 38.2. The van der Waals surface area contributed by atoms with Gasteiger partial charge in [0.15, 0.2) is 17.5 Å². The van der Waals surface area contributed by atoms with Gasteiger partial charge >= 0.3 is 0 Å². The number of para-hydroxylation sites is 1. The van der Waals surface area contributed by atoms with Crippen LogP contribution in [-0.4, -0.2) is 15.0 Å². The summed E-state index contributed by atoms with van der Waals surface area (Å²) in [6.45, 7) is 0. The maximum Gasteiger partial charge on any atom is 0.164 e. The summed E-state index contributed by atoms with van der Waals surface area (Å²) >= 11 is 0. The Morgan fingerprint density at radius 1 is 0.276 bits per heavy atom. The van der Waals surface area contributed by atoms with Crippen molar-refractivity contribution in [3.8, 4) is 56.4 Å². The molecule has 58 heavy (non-hydrogen) atoms. The molecule has 0 atom stereocenters. The smallest absolute Gasteiger partial charge is 0.164 e. The van der Waals surface area contributed by atoms with Gasteiger partial charge in [0.1, 0.15) is 22.3 Å². The summed E-state index contributed by atoms with van der Waals surface area (Å²) in [5, 5.41) is 9.00. The maximum absolute atomic E-state index is 6.65. The summed E-state index contributed by atoms with van der Waals surface area (Å²) in [6, 6.07) is 65.1. The molecule has 0 N–H and O–H groups in total. The summed E-state index contributed by atoms with van der Waals surface area (Å²) in [4.78, 5) is 15.3. The molecule has 0 saturated heterocycles. The van der Waals surface area contributed by atoms with Gasteiger partial charge in [0, 0.05) is 38.2 Å². The van der Waals surface area contributed by atoms with E-state index < -0.39 is 0 Å². The highest BCUT2D eigenvalue weighted by Gasteiger charge is 2.20. The van der Waals surface area contributed by atoms with Crippen molar-refractivity contribution in [1.29, 1.82) is 0 Å². The maximum atomic E-state index is 6.65. The third-order valence-corrected chi connectivity index (χ3v) is 11.3. The van der Waals surface area contributed by atoms with Crippen molar-refractivity contribution in [2.24, 2.45) is 0 Å². The van der Waals surface area contributed by atoms with Gasteiger partial charge in [0.2, 0.25) is 0 Å². The molecule has 0 spiro atoms. The Hall–Kier alpha value is -7.89. The van der Waals surface area contributed by atoms with E-state index in [0.29, 0.717) is 17.5 Å². The van der Waals surface area contributed by atoms with E-state index in [-0.39, 0.29) is 0 Å². The Balaban J connectivity index is 1.01. The third-order valence-electron chi connectivity index (χ3n) is 11.3. The second-order valence-electron chi connectivity index (χ2n) is 14.7. The van der Waals surface area contributed by atoms with Gasteiger partial charge in [-0.2, -0.15) is 0 Å². The lowest BCUT2D eigenvalue weighted by Crippen LogP contribution is -2.00. The normalized spacial score (nSPS) is 11.8. The Labute approximate surface area is 332 Å². The molecule has 0 aliphatic heterocycles. The zero-order valence-electron chi connectivity index (χ0n) is 31.1. The molecule has 3 aromatic heterocycles. The lowest BCUT2D eigenvalue weighted by molar-refractivity contribution is 0.668. The van der Waals surface area contributed by atoms with Crippen LogP contribution < -0.4 is 0 Å². The Bertz CT molecular complexity index is 3580.